The molecule has 0 N–H and O–H groups in total. The van der Waals surface area contributed by atoms with E-state index in [4.69, 9.17) is 0 Å². The van der Waals surface area contributed by atoms with Crippen LogP contribution in [0.15, 0.2) is 22.2 Å². The zero-order valence-electron chi connectivity index (χ0n) is 6.45. The molecule has 1 atom stereocenters. The van der Waals surface area contributed by atoms with Crippen LogP contribution in [0.25, 0.3) is 0 Å². The van der Waals surface area contributed by atoms with Crippen molar-refractivity contribution in [2.75, 3.05) is 0 Å². The quantitative estimate of drug-likeness (QED) is 0.605. The lowest BCUT2D eigenvalue weighted by molar-refractivity contribution is -0.160. The molecule has 0 fully saturated rings. The third-order valence-electron chi connectivity index (χ3n) is 1.82. The topological polar surface area (TPSA) is 0 Å². The Kier molecular flexibility index (Phi) is 2.66. The van der Waals surface area contributed by atoms with Crippen LogP contribution in [-0.2, 0) is 0 Å². The molecule has 1 aliphatic rings. The summed E-state index contributed by atoms with van der Waals surface area (Å²) < 4.78 is 37.0. The Morgan fingerprint density at radius 3 is 2.50 bits per heavy atom. The van der Waals surface area contributed by atoms with Gasteiger partial charge in [-0.2, -0.15) is 13.2 Å². The number of hydrogen-bond donors (Lipinski definition) is 0. The summed E-state index contributed by atoms with van der Waals surface area (Å²) in [4.78, 5) is 0. The molecule has 0 aromatic carbocycles. The standard InChI is InChI=1S/C8H8BrF3/c1-5-2-3-6(4-7(5)9)8(10,11)12/h2,4,6H,3H2,1H3. The van der Waals surface area contributed by atoms with Crippen molar-refractivity contribution in [1.29, 1.82) is 0 Å². The minimum Gasteiger partial charge on any atom is -0.170 e. The zero-order valence-corrected chi connectivity index (χ0v) is 8.04. The van der Waals surface area contributed by atoms with Crippen LogP contribution in [0.5, 0.6) is 0 Å². The lowest BCUT2D eigenvalue weighted by Gasteiger charge is -2.19. The monoisotopic (exact) mass is 240 g/mol. The van der Waals surface area contributed by atoms with Gasteiger partial charge in [0.05, 0.1) is 5.92 Å². The molecule has 12 heavy (non-hydrogen) atoms. The van der Waals surface area contributed by atoms with Crippen molar-refractivity contribution in [3.63, 3.8) is 0 Å². The van der Waals surface area contributed by atoms with Crippen molar-refractivity contribution >= 4 is 15.9 Å². The van der Waals surface area contributed by atoms with Crippen LogP contribution >= 0.6 is 15.9 Å². The predicted molar refractivity (Wildman–Crippen MR) is 44.9 cm³/mol. The van der Waals surface area contributed by atoms with Gasteiger partial charge in [0, 0.05) is 4.48 Å². The summed E-state index contributed by atoms with van der Waals surface area (Å²) in [7, 11) is 0. The molecular formula is C8H8BrF3. The SMILES string of the molecule is CC1=CCC(C(F)(F)F)C=C1Br. The van der Waals surface area contributed by atoms with Gasteiger partial charge in [0.1, 0.15) is 0 Å². The van der Waals surface area contributed by atoms with E-state index in [1.54, 1.807) is 13.0 Å². The second kappa shape index (κ2) is 3.24. The summed E-state index contributed by atoms with van der Waals surface area (Å²) in [5.41, 5.74) is 0.871. The highest BCUT2D eigenvalue weighted by molar-refractivity contribution is 9.12. The minimum atomic E-state index is -4.11. The summed E-state index contributed by atoms with van der Waals surface area (Å²) in [5.74, 6) is -1.32. The van der Waals surface area contributed by atoms with Gasteiger partial charge in [0.25, 0.3) is 0 Å². The normalized spacial score (nSPS) is 24.9. The Morgan fingerprint density at radius 2 is 2.08 bits per heavy atom. The van der Waals surface area contributed by atoms with E-state index >= 15 is 0 Å². The van der Waals surface area contributed by atoms with E-state index in [9.17, 15) is 13.2 Å². The lowest BCUT2D eigenvalue weighted by Crippen LogP contribution is -2.22. The Balaban J connectivity index is 2.79. The number of halogens is 4. The summed E-state index contributed by atoms with van der Waals surface area (Å²) in [6, 6.07) is 0. The van der Waals surface area contributed by atoms with Gasteiger partial charge in [0.2, 0.25) is 0 Å². The third kappa shape index (κ3) is 2.12. The van der Waals surface area contributed by atoms with Crippen molar-refractivity contribution in [3.05, 3.63) is 22.2 Å². The maximum Gasteiger partial charge on any atom is 0.395 e. The average molecular weight is 241 g/mol. The fourth-order valence-electron chi connectivity index (χ4n) is 1.01. The van der Waals surface area contributed by atoms with Crippen molar-refractivity contribution < 1.29 is 13.2 Å². The van der Waals surface area contributed by atoms with Gasteiger partial charge in [-0.15, -0.1) is 0 Å². The van der Waals surface area contributed by atoms with Gasteiger partial charge >= 0.3 is 6.18 Å². The summed E-state index contributed by atoms with van der Waals surface area (Å²) in [6.45, 7) is 1.78. The number of allylic oxidation sites excluding steroid dienone is 4. The van der Waals surface area contributed by atoms with Crippen LogP contribution in [0.1, 0.15) is 13.3 Å². The highest BCUT2D eigenvalue weighted by Gasteiger charge is 2.38. The van der Waals surface area contributed by atoms with Crippen molar-refractivity contribution in [3.8, 4) is 0 Å². The first-order valence-electron chi connectivity index (χ1n) is 3.52. The lowest BCUT2D eigenvalue weighted by atomic mass is 9.97. The molecule has 0 saturated carbocycles. The molecule has 0 nitrogen and oxygen atoms in total. The van der Waals surface area contributed by atoms with Crippen LogP contribution in [0.4, 0.5) is 13.2 Å². The molecule has 0 radical (unpaired) electrons. The van der Waals surface area contributed by atoms with E-state index < -0.39 is 12.1 Å². The maximum absolute atomic E-state index is 12.1. The van der Waals surface area contributed by atoms with Gasteiger partial charge in [0.15, 0.2) is 0 Å². The molecule has 0 bridgehead atoms. The fourth-order valence-corrected chi connectivity index (χ4v) is 1.49. The van der Waals surface area contributed by atoms with E-state index in [0.717, 1.165) is 5.57 Å². The molecule has 4 heteroatoms. The molecule has 0 amide bonds. The molecule has 0 spiro atoms. The van der Waals surface area contributed by atoms with Crippen LogP contribution in [0, 0.1) is 5.92 Å². The smallest absolute Gasteiger partial charge is 0.170 e. The first-order valence-corrected chi connectivity index (χ1v) is 4.31. The Hall–Kier alpha value is -0.250. The molecule has 68 valence electrons. The first kappa shape index (κ1) is 9.84. The van der Waals surface area contributed by atoms with Crippen LogP contribution in [0.2, 0.25) is 0 Å². The highest BCUT2D eigenvalue weighted by Crippen LogP contribution is 2.36. The van der Waals surface area contributed by atoms with Gasteiger partial charge < -0.3 is 0 Å². The summed E-state index contributed by atoms with van der Waals surface area (Å²) in [5, 5.41) is 0. The number of hydrogen-bond acceptors (Lipinski definition) is 0. The minimum absolute atomic E-state index is 0.0600. The van der Waals surface area contributed by atoms with Gasteiger partial charge in [-0.3, -0.25) is 0 Å². The van der Waals surface area contributed by atoms with E-state index in [2.05, 4.69) is 15.9 Å². The second-order valence-corrected chi connectivity index (χ2v) is 3.64. The molecule has 0 heterocycles. The van der Waals surface area contributed by atoms with E-state index in [1.165, 1.54) is 6.08 Å². The van der Waals surface area contributed by atoms with Crippen molar-refractivity contribution in [1.82, 2.24) is 0 Å². The molecule has 0 saturated heterocycles. The first-order chi connectivity index (χ1) is 5.41. The largest absolute Gasteiger partial charge is 0.395 e. The Morgan fingerprint density at radius 1 is 1.50 bits per heavy atom. The van der Waals surface area contributed by atoms with Crippen molar-refractivity contribution in [2.24, 2.45) is 5.92 Å². The van der Waals surface area contributed by atoms with E-state index in [1.807, 2.05) is 0 Å². The van der Waals surface area contributed by atoms with Gasteiger partial charge in [-0.05, 0) is 18.9 Å². The Labute approximate surface area is 77.3 Å². The molecule has 0 aromatic rings. The summed E-state index contributed by atoms with van der Waals surface area (Å²) in [6.07, 6.45) is -1.24. The number of alkyl halides is 3. The van der Waals surface area contributed by atoms with Crippen LogP contribution in [-0.4, -0.2) is 6.18 Å². The van der Waals surface area contributed by atoms with E-state index in [-0.39, 0.29) is 6.42 Å². The third-order valence-corrected chi connectivity index (χ3v) is 2.71. The molecule has 1 aliphatic carbocycles. The molecule has 1 unspecified atom stereocenters. The molecule has 1 rings (SSSR count). The summed E-state index contributed by atoms with van der Waals surface area (Å²) >= 11 is 3.08. The fraction of sp³-hybridized carbons (Fsp3) is 0.500. The second-order valence-electron chi connectivity index (χ2n) is 2.79. The highest BCUT2D eigenvalue weighted by atomic mass is 79.9. The zero-order chi connectivity index (χ0) is 9.35. The van der Waals surface area contributed by atoms with Gasteiger partial charge in [-0.25, -0.2) is 0 Å². The molecular weight excluding hydrogens is 233 g/mol. The Bertz CT molecular complexity index is 237. The predicted octanol–water partition coefficient (Wildman–Crippen LogP) is 3.79. The molecule has 0 aromatic heterocycles. The maximum atomic E-state index is 12.1. The van der Waals surface area contributed by atoms with Crippen LogP contribution < -0.4 is 0 Å². The van der Waals surface area contributed by atoms with E-state index in [0.29, 0.717) is 4.48 Å². The van der Waals surface area contributed by atoms with Crippen molar-refractivity contribution in [2.45, 2.75) is 19.5 Å². The van der Waals surface area contributed by atoms with Crippen LogP contribution in [0.3, 0.4) is 0 Å². The molecule has 0 aliphatic heterocycles. The average Bonchev–Trinajstić information content (AvgIpc) is 1.92. The van der Waals surface area contributed by atoms with Gasteiger partial charge in [-0.1, -0.05) is 28.1 Å². The number of rotatable bonds is 0.